The van der Waals surface area contributed by atoms with Gasteiger partial charge in [0.2, 0.25) is 0 Å². The van der Waals surface area contributed by atoms with Crippen LogP contribution in [0.1, 0.15) is 65.2 Å². The third-order valence-electron chi connectivity index (χ3n) is 7.91. The molecule has 4 rings (SSSR count). The minimum Gasteiger partial charge on any atom is -0.393 e. The molecule has 2 heteroatoms. The maximum absolute atomic E-state index is 11.8. The van der Waals surface area contributed by atoms with E-state index in [0.717, 1.165) is 37.5 Å². The van der Waals surface area contributed by atoms with Crippen LogP contribution in [0.3, 0.4) is 0 Å². The van der Waals surface area contributed by atoms with Gasteiger partial charge in [0.1, 0.15) is 0 Å². The summed E-state index contributed by atoms with van der Waals surface area (Å²) in [6, 6.07) is 0. The molecule has 0 aromatic heterocycles. The molecular formula is C19H28O2. The molecule has 6 atom stereocenters. The lowest BCUT2D eigenvalue weighted by Gasteiger charge is -2.57. The van der Waals surface area contributed by atoms with Gasteiger partial charge in [-0.2, -0.15) is 0 Å². The van der Waals surface area contributed by atoms with Crippen LogP contribution in [0.25, 0.3) is 0 Å². The summed E-state index contributed by atoms with van der Waals surface area (Å²) in [4.78, 5) is 11.8. The van der Waals surface area contributed by atoms with Crippen LogP contribution < -0.4 is 0 Å². The minimum atomic E-state index is -0.0823. The highest BCUT2D eigenvalue weighted by Gasteiger charge is 2.58. The van der Waals surface area contributed by atoms with Crippen molar-refractivity contribution >= 4 is 5.78 Å². The Balaban J connectivity index is 1.69. The highest BCUT2D eigenvalue weighted by Crippen LogP contribution is 2.65. The molecule has 0 radical (unpaired) electrons. The van der Waals surface area contributed by atoms with E-state index in [1.807, 2.05) is 6.08 Å². The smallest absolute Gasteiger partial charge is 0.155 e. The summed E-state index contributed by atoms with van der Waals surface area (Å²) in [5.41, 5.74) is 1.89. The van der Waals surface area contributed by atoms with Gasteiger partial charge in [0.25, 0.3) is 0 Å². The molecule has 0 saturated heterocycles. The van der Waals surface area contributed by atoms with Crippen LogP contribution in [-0.2, 0) is 4.79 Å². The van der Waals surface area contributed by atoms with Gasteiger partial charge in [-0.3, -0.25) is 4.79 Å². The largest absolute Gasteiger partial charge is 0.393 e. The minimum absolute atomic E-state index is 0.0823. The quantitative estimate of drug-likeness (QED) is 0.734. The van der Waals surface area contributed by atoms with Gasteiger partial charge in [-0.05, 0) is 79.6 Å². The van der Waals surface area contributed by atoms with Gasteiger partial charge in [0, 0.05) is 6.42 Å². The summed E-state index contributed by atoms with van der Waals surface area (Å²) in [6.45, 7) is 4.76. The monoisotopic (exact) mass is 288 g/mol. The van der Waals surface area contributed by atoms with E-state index >= 15 is 0 Å². The van der Waals surface area contributed by atoms with E-state index in [1.54, 1.807) is 0 Å². The van der Waals surface area contributed by atoms with Crippen LogP contribution in [0.15, 0.2) is 11.6 Å². The van der Waals surface area contributed by atoms with Crippen LogP contribution in [0.2, 0.25) is 0 Å². The van der Waals surface area contributed by atoms with E-state index in [1.165, 1.54) is 31.3 Å². The molecule has 4 aliphatic carbocycles. The molecule has 4 aliphatic rings. The topological polar surface area (TPSA) is 37.3 Å². The molecule has 3 fully saturated rings. The second-order valence-electron chi connectivity index (χ2n) is 8.61. The van der Waals surface area contributed by atoms with Crippen molar-refractivity contribution < 1.29 is 9.90 Å². The van der Waals surface area contributed by atoms with Crippen molar-refractivity contribution in [3.05, 3.63) is 11.6 Å². The first-order valence-corrected chi connectivity index (χ1v) is 8.87. The first kappa shape index (κ1) is 14.0. The second-order valence-corrected chi connectivity index (χ2v) is 8.61. The standard InChI is InChI=1S/C19H28O2/c1-18-9-7-13(20)11-12(18)3-4-14-15-5-6-17(21)19(15,2)10-8-16(14)18/h11,14-17,21H,3-10H2,1-2H3/t14-,15-,16-,17-,18?,19?/m1/s1. The van der Waals surface area contributed by atoms with Crippen LogP contribution in [0, 0.1) is 28.6 Å². The predicted molar refractivity (Wildman–Crippen MR) is 82.7 cm³/mol. The summed E-state index contributed by atoms with van der Waals surface area (Å²) < 4.78 is 0. The van der Waals surface area contributed by atoms with Crippen LogP contribution >= 0.6 is 0 Å². The van der Waals surface area contributed by atoms with Gasteiger partial charge >= 0.3 is 0 Å². The molecule has 0 bridgehead atoms. The lowest BCUT2D eigenvalue weighted by molar-refractivity contribution is -0.118. The first-order chi connectivity index (χ1) is 9.95. The zero-order valence-electron chi connectivity index (χ0n) is 13.4. The van der Waals surface area contributed by atoms with Gasteiger partial charge in [-0.15, -0.1) is 0 Å². The van der Waals surface area contributed by atoms with Gasteiger partial charge in [0.05, 0.1) is 6.10 Å². The number of hydrogen-bond acceptors (Lipinski definition) is 2. The first-order valence-electron chi connectivity index (χ1n) is 8.87. The molecule has 2 nitrogen and oxygen atoms in total. The molecule has 0 aromatic carbocycles. The lowest BCUT2D eigenvalue weighted by atomic mass is 9.47. The van der Waals surface area contributed by atoms with Crippen molar-refractivity contribution in [1.29, 1.82) is 0 Å². The Hall–Kier alpha value is -0.630. The Bertz CT molecular complexity index is 508. The molecule has 3 saturated carbocycles. The lowest BCUT2D eigenvalue weighted by Crippen LogP contribution is -2.51. The zero-order valence-corrected chi connectivity index (χ0v) is 13.4. The highest BCUT2D eigenvalue weighted by atomic mass is 16.3. The van der Waals surface area contributed by atoms with E-state index in [2.05, 4.69) is 13.8 Å². The van der Waals surface area contributed by atoms with E-state index in [9.17, 15) is 9.90 Å². The van der Waals surface area contributed by atoms with Crippen LogP contribution in [-0.4, -0.2) is 17.0 Å². The Morgan fingerprint density at radius 1 is 1.05 bits per heavy atom. The number of aliphatic hydroxyl groups is 1. The normalized spacial score (nSPS) is 52.7. The number of ketones is 1. The number of carbonyl (C=O) groups is 1. The molecular weight excluding hydrogens is 260 g/mol. The van der Waals surface area contributed by atoms with E-state index in [-0.39, 0.29) is 16.9 Å². The molecule has 2 unspecified atom stereocenters. The number of carbonyl (C=O) groups excluding carboxylic acids is 1. The SMILES string of the molecule is CC12CCC(=O)C=C1CC[C@H]1[C@H]2CCC2(C)[C@H](O)CC[C@H]12. The Kier molecular flexibility index (Phi) is 2.96. The molecule has 116 valence electrons. The van der Waals surface area contributed by atoms with Gasteiger partial charge in [-0.25, -0.2) is 0 Å². The second kappa shape index (κ2) is 4.44. The average Bonchev–Trinajstić information content (AvgIpc) is 2.76. The summed E-state index contributed by atoms with van der Waals surface area (Å²) in [7, 11) is 0. The fourth-order valence-corrected chi connectivity index (χ4v) is 6.53. The molecule has 21 heavy (non-hydrogen) atoms. The maximum Gasteiger partial charge on any atom is 0.155 e. The zero-order chi connectivity index (χ0) is 14.8. The van der Waals surface area contributed by atoms with E-state index < -0.39 is 0 Å². The summed E-state index contributed by atoms with van der Waals surface area (Å²) >= 11 is 0. The molecule has 0 spiro atoms. The molecule has 0 aromatic rings. The summed E-state index contributed by atoms with van der Waals surface area (Å²) in [5, 5.41) is 10.4. The third-order valence-corrected chi connectivity index (χ3v) is 7.91. The molecule has 0 heterocycles. The fraction of sp³-hybridized carbons (Fsp3) is 0.842. The van der Waals surface area contributed by atoms with Gasteiger partial charge in [-0.1, -0.05) is 19.4 Å². The van der Waals surface area contributed by atoms with Gasteiger partial charge in [0.15, 0.2) is 5.78 Å². The van der Waals surface area contributed by atoms with Crippen molar-refractivity contribution in [3.8, 4) is 0 Å². The molecule has 0 aliphatic heterocycles. The third kappa shape index (κ3) is 1.78. The highest BCUT2D eigenvalue weighted by molar-refractivity contribution is 5.91. The van der Waals surface area contributed by atoms with E-state index in [0.29, 0.717) is 11.7 Å². The van der Waals surface area contributed by atoms with Crippen molar-refractivity contribution in [2.45, 2.75) is 71.3 Å². The molecule has 0 amide bonds. The van der Waals surface area contributed by atoms with Crippen molar-refractivity contribution in [1.82, 2.24) is 0 Å². The number of hydrogen-bond donors (Lipinski definition) is 1. The number of allylic oxidation sites excluding steroid dienone is 1. The number of rotatable bonds is 0. The van der Waals surface area contributed by atoms with E-state index in [4.69, 9.17) is 0 Å². The average molecular weight is 288 g/mol. The predicted octanol–water partition coefficient (Wildman–Crippen LogP) is 3.88. The molecule has 1 N–H and O–H groups in total. The van der Waals surface area contributed by atoms with Crippen molar-refractivity contribution in [2.24, 2.45) is 28.6 Å². The van der Waals surface area contributed by atoms with Crippen LogP contribution in [0.5, 0.6) is 0 Å². The Labute approximate surface area is 128 Å². The van der Waals surface area contributed by atoms with Crippen molar-refractivity contribution in [3.63, 3.8) is 0 Å². The number of fused-ring (bicyclic) bond motifs is 5. The maximum atomic E-state index is 11.8. The number of aliphatic hydroxyl groups excluding tert-OH is 1. The summed E-state index contributed by atoms with van der Waals surface area (Å²) in [5.74, 6) is 2.57. The Morgan fingerprint density at radius 2 is 1.86 bits per heavy atom. The van der Waals surface area contributed by atoms with Crippen LogP contribution in [0.4, 0.5) is 0 Å². The fourth-order valence-electron chi connectivity index (χ4n) is 6.53. The summed E-state index contributed by atoms with van der Waals surface area (Å²) in [6.07, 6.45) is 10.7. The Morgan fingerprint density at radius 3 is 2.67 bits per heavy atom. The van der Waals surface area contributed by atoms with Gasteiger partial charge < -0.3 is 5.11 Å². The van der Waals surface area contributed by atoms with Crippen molar-refractivity contribution in [2.75, 3.05) is 0 Å².